The van der Waals surface area contributed by atoms with E-state index in [2.05, 4.69) is 15.6 Å². The lowest BCUT2D eigenvalue weighted by atomic mass is 10.2. The Bertz CT molecular complexity index is 986. The molecular formula is C22H18FN3O2. The van der Waals surface area contributed by atoms with Crippen LogP contribution in [0.5, 0.6) is 0 Å². The molecule has 1 aromatic heterocycles. The number of benzene rings is 2. The first-order valence-corrected chi connectivity index (χ1v) is 8.62. The van der Waals surface area contributed by atoms with Crippen LogP contribution in [0, 0.1) is 5.82 Å². The Labute approximate surface area is 161 Å². The highest BCUT2D eigenvalue weighted by Crippen LogP contribution is 2.11. The molecule has 3 aromatic rings. The highest BCUT2D eigenvalue weighted by atomic mass is 19.1. The van der Waals surface area contributed by atoms with Gasteiger partial charge >= 0.3 is 0 Å². The molecule has 2 aromatic carbocycles. The normalized spacial score (nSPS) is 10.6. The number of halogens is 1. The number of hydrogen-bond donors (Lipinski definition) is 2. The van der Waals surface area contributed by atoms with E-state index in [1.807, 2.05) is 0 Å². The largest absolute Gasteiger partial charge is 0.348 e. The van der Waals surface area contributed by atoms with Crippen LogP contribution in [0.4, 0.5) is 10.1 Å². The minimum Gasteiger partial charge on any atom is -0.348 e. The molecule has 0 radical (unpaired) electrons. The number of carbonyl (C=O) groups excluding carboxylic acids is 2. The van der Waals surface area contributed by atoms with Gasteiger partial charge in [0.25, 0.3) is 5.91 Å². The lowest BCUT2D eigenvalue weighted by Crippen LogP contribution is -2.22. The van der Waals surface area contributed by atoms with E-state index in [0.717, 1.165) is 5.56 Å². The van der Waals surface area contributed by atoms with Crippen molar-refractivity contribution in [3.05, 3.63) is 102 Å². The Morgan fingerprint density at radius 1 is 1.00 bits per heavy atom. The van der Waals surface area contributed by atoms with Crippen molar-refractivity contribution in [3.63, 3.8) is 0 Å². The third-order valence-corrected chi connectivity index (χ3v) is 3.92. The predicted molar refractivity (Wildman–Crippen MR) is 106 cm³/mol. The maximum Gasteiger partial charge on any atom is 0.253 e. The molecule has 2 amide bonds. The number of amides is 2. The summed E-state index contributed by atoms with van der Waals surface area (Å²) in [6.45, 7) is 0.356. The Balaban J connectivity index is 1.52. The molecule has 0 aliphatic carbocycles. The molecular weight excluding hydrogens is 357 g/mol. The highest BCUT2D eigenvalue weighted by molar-refractivity contribution is 6.01. The van der Waals surface area contributed by atoms with Crippen LogP contribution >= 0.6 is 0 Å². The predicted octanol–water partition coefficient (Wildman–Crippen LogP) is 3.80. The van der Waals surface area contributed by atoms with Gasteiger partial charge in [0.1, 0.15) is 5.82 Å². The van der Waals surface area contributed by atoms with Gasteiger partial charge in [-0.2, -0.15) is 0 Å². The quantitative estimate of drug-likeness (QED) is 0.644. The van der Waals surface area contributed by atoms with Gasteiger partial charge in [-0.1, -0.05) is 30.3 Å². The van der Waals surface area contributed by atoms with Crippen LogP contribution in [-0.4, -0.2) is 16.8 Å². The van der Waals surface area contributed by atoms with Crippen molar-refractivity contribution in [1.29, 1.82) is 0 Å². The van der Waals surface area contributed by atoms with Gasteiger partial charge in [-0.3, -0.25) is 14.6 Å². The summed E-state index contributed by atoms with van der Waals surface area (Å²) >= 11 is 0. The van der Waals surface area contributed by atoms with E-state index in [9.17, 15) is 14.0 Å². The lowest BCUT2D eigenvalue weighted by molar-refractivity contribution is -0.111. The molecule has 6 heteroatoms. The van der Waals surface area contributed by atoms with Gasteiger partial charge < -0.3 is 10.6 Å². The van der Waals surface area contributed by atoms with Crippen LogP contribution < -0.4 is 10.6 Å². The van der Waals surface area contributed by atoms with Crippen LogP contribution in [0.25, 0.3) is 6.08 Å². The number of anilines is 1. The SMILES string of the molecule is O=C(/C=C/c1ccccc1F)Nc1ccc(CNC(=O)c2cccnc2)cc1. The Morgan fingerprint density at radius 3 is 2.50 bits per heavy atom. The van der Waals surface area contributed by atoms with Crippen LogP contribution in [0.15, 0.2) is 79.1 Å². The minimum atomic E-state index is -0.385. The standard InChI is InChI=1S/C22H18FN3O2/c23-20-6-2-1-4-17(20)9-12-21(27)26-19-10-7-16(8-11-19)14-25-22(28)18-5-3-13-24-15-18/h1-13,15H,14H2,(H,25,28)(H,26,27)/b12-9+. The topological polar surface area (TPSA) is 71.1 Å². The van der Waals surface area contributed by atoms with Crippen molar-refractivity contribution in [2.45, 2.75) is 6.54 Å². The van der Waals surface area contributed by atoms with Gasteiger partial charge in [0.05, 0.1) is 5.56 Å². The first-order valence-electron chi connectivity index (χ1n) is 8.62. The summed E-state index contributed by atoms with van der Waals surface area (Å²) in [5.74, 6) is -0.950. The Kier molecular flexibility index (Phi) is 6.25. The van der Waals surface area contributed by atoms with E-state index in [1.165, 1.54) is 24.4 Å². The van der Waals surface area contributed by atoms with Gasteiger partial charge in [0, 0.05) is 36.3 Å². The molecule has 0 spiro atoms. The third kappa shape index (κ3) is 5.35. The number of carbonyl (C=O) groups is 2. The maximum absolute atomic E-state index is 13.5. The Morgan fingerprint density at radius 2 is 1.79 bits per heavy atom. The monoisotopic (exact) mass is 375 g/mol. The second-order valence-electron chi connectivity index (χ2n) is 5.97. The molecule has 2 N–H and O–H groups in total. The molecule has 28 heavy (non-hydrogen) atoms. The second kappa shape index (κ2) is 9.23. The zero-order valence-corrected chi connectivity index (χ0v) is 14.9. The van der Waals surface area contributed by atoms with Gasteiger partial charge in [0.15, 0.2) is 0 Å². The third-order valence-electron chi connectivity index (χ3n) is 3.92. The molecule has 0 aliphatic heterocycles. The molecule has 140 valence electrons. The summed E-state index contributed by atoms with van der Waals surface area (Å²) in [5, 5.41) is 5.51. The van der Waals surface area contributed by atoms with Gasteiger partial charge in [-0.05, 0) is 42.0 Å². The maximum atomic E-state index is 13.5. The molecule has 1 heterocycles. The number of aromatic nitrogens is 1. The van der Waals surface area contributed by atoms with Crippen molar-refractivity contribution in [2.75, 3.05) is 5.32 Å². The molecule has 0 aliphatic rings. The Hall–Kier alpha value is -3.80. The summed E-state index contributed by atoms with van der Waals surface area (Å²) in [5.41, 5.74) is 2.33. The number of nitrogens with one attached hydrogen (secondary N) is 2. The molecule has 0 saturated carbocycles. The fourth-order valence-corrected chi connectivity index (χ4v) is 2.45. The van der Waals surface area contributed by atoms with Crippen molar-refractivity contribution in [3.8, 4) is 0 Å². The van der Waals surface area contributed by atoms with E-state index in [-0.39, 0.29) is 17.6 Å². The van der Waals surface area contributed by atoms with Crippen molar-refractivity contribution in [1.82, 2.24) is 10.3 Å². The van der Waals surface area contributed by atoms with E-state index >= 15 is 0 Å². The smallest absolute Gasteiger partial charge is 0.253 e. The molecule has 0 fully saturated rings. The van der Waals surface area contributed by atoms with Gasteiger partial charge in [-0.25, -0.2) is 4.39 Å². The van der Waals surface area contributed by atoms with Crippen LogP contribution in [0.1, 0.15) is 21.5 Å². The molecule has 0 saturated heterocycles. The summed E-state index contributed by atoms with van der Waals surface area (Å²) in [4.78, 5) is 27.9. The van der Waals surface area contributed by atoms with Crippen LogP contribution in [0.3, 0.4) is 0 Å². The summed E-state index contributed by atoms with van der Waals surface area (Å²) in [7, 11) is 0. The zero-order valence-electron chi connectivity index (χ0n) is 14.9. The van der Waals surface area contributed by atoms with Gasteiger partial charge in [0.2, 0.25) is 5.91 Å². The lowest BCUT2D eigenvalue weighted by Gasteiger charge is -2.07. The number of pyridine rings is 1. The van der Waals surface area contributed by atoms with E-state index in [1.54, 1.807) is 60.8 Å². The van der Waals surface area contributed by atoms with Crippen molar-refractivity contribution >= 4 is 23.6 Å². The van der Waals surface area contributed by atoms with E-state index < -0.39 is 0 Å². The van der Waals surface area contributed by atoms with E-state index in [0.29, 0.717) is 23.4 Å². The summed E-state index contributed by atoms with van der Waals surface area (Å²) < 4.78 is 13.5. The van der Waals surface area contributed by atoms with Crippen molar-refractivity contribution in [2.24, 2.45) is 0 Å². The first-order chi connectivity index (χ1) is 13.6. The number of hydrogen-bond acceptors (Lipinski definition) is 3. The summed E-state index contributed by atoms with van der Waals surface area (Å²) in [6, 6.07) is 16.7. The fraction of sp³-hybridized carbons (Fsp3) is 0.0455. The number of rotatable bonds is 6. The molecule has 0 unspecified atom stereocenters. The van der Waals surface area contributed by atoms with Gasteiger partial charge in [-0.15, -0.1) is 0 Å². The fourth-order valence-electron chi connectivity index (χ4n) is 2.45. The first kappa shape index (κ1) is 19.0. The van der Waals surface area contributed by atoms with E-state index in [4.69, 9.17) is 0 Å². The second-order valence-corrected chi connectivity index (χ2v) is 5.97. The number of nitrogens with zero attached hydrogens (tertiary/aromatic N) is 1. The average Bonchev–Trinajstić information content (AvgIpc) is 2.73. The zero-order chi connectivity index (χ0) is 19.8. The molecule has 0 bridgehead atoms. The molecule has 3 rings (SSSR count). The van der Waals surface area contributed by atoms with Crippen molar-refractivity contribution < 1.29 is 14.0 Å². The average molecular weight is 375 g/mol. The van der Waals surface area contributed by atoms with Crippen LogP contribution in [0.2, 0.25) is 0 Å². The highest BCUT2D eigenvalue weighted by Gasteiger charge is 2.05. The molecule has 5 nitrogen and oxygen atoms in total. The molecule has 0 atom stereocenters. The van der Waals surface area contributed by atoms with Crippen LogP contribution in [-0.2, 0) is 11.3 Å². The minimum absolute atomic E-state index is 0.205. The summed E-state index contributed by atoms with van der Waals surface area (Å²) in [6.07, 6.45) is 5.81.